The van der Waals surface area contributed by atoms with Gasteiger partial charge < -0.3 is 4.74 Å². The maximum absolute atomic E-state index is 13.3. The summed E-state index contributed by atoms with van der Waals surface area (Å²) < 4.78 is 6.50. The normalized spacial score (nSPS) is 14.7. The highest BCUT2D eigenvalue weighted by molar-refractivity contribution is 8.00. The minimum Gasteiger partial charge on any atom is -0.379 e. The number of rotatable bonds is 8. The van der Waals surface area contributed by atoms with Crippen LogP contribution in [0.25, 0.3) is 10.2 Å². The molecule has 0 unspecified atom stereocenters. The fourth-order valence-corrected chi connectivity index (χ4v) is 5.66. The average Bonchev–Trinajstić information content (AvgIpc) is 3.24. The topological polar surface area (TPSA) is 45.7 Å². The molecule has 0 N–H and O–H groups in total. The Morgan fingerprint density at radius 3 is 2.69 bits per heavy atom. The largest absolute Gasteiger partial charge is 0.379 e. The lowest BCUT2D eigenvalue weighted by Crippen LogP contribution is -2.39. The number of ether oxygens (including phenoxy) is 1. The number of aryl methyl sites for hydroxylation is 2. The Morgan fingerprint density at radius 1 is 1.19 bits per heavy atom. The second-order valence-electron chi connectivity index (χ2n) is 7.97. The predicted molar refractivity (Wildman–Crippen MR) is 135 cm³/mol. The second kappa shape index (κ2) is 11.0. The van der Waals surface area contributed by atoms with Gasteiger partial charge in [0.2, 0.25) is 5.91 Å². The van der Waals surface area contributed by atoms with E-state index in [4.69, 9.17) is 21.3 Å². The van der Waals surface area contributed by atoms with Gasteiger partial charge in [0.15, 0.2) is 5.13 Å². The van der Waals surface area contributed by atoms with Gasteiger partial charge in [-0.25, -0.2) is 4.98 Å². The molecule has 0 atom stereocenters. The summed E-state index contributed by atoms with van der Waals surface area (Å²) in [6.45, 7) is 9.13. The molecule has 1 amide bonds. The van der Waals surface area contributed by atoms with Crippen molar-refractivity contribution in [3.8, 4) is 0 Å². The van der Waals surface area contributed by atoms with Crippen LogP contribution in [0.1, 0.15) is 17.5 Å². The Balaban J connectivity index is 1.49. The van der Waals surface area contributed by atoms with E-state index in [1.54, 1.807) is 23.1 Å². The van der Waals surface area contributed by atoms with E-state index in [0.29, 0.717) is 17.3 Å². The number of hydrogen-bond donors (Lipinski definition) is 0. The maximum Gasteiger partial charge on any atom is 0.239 e. The molecule has 1 aliphatic heterocycles. The van der Waals surface area contributed by atoms with Gasteiger partial charge in [0, 0.05) is 36.1 Å². The van der Waals surface area contributed by atoms with Gasteiger partial charge in [0.25, 0.3) is 0 Å². The van der Waals surface area contributed by atoms with Gasteiger partial charge in [0.05, 0.1) is 29.2 Å². The quantitative estimate of drug-likeness (QED) is 0.396. The maximum atomic E-state index is 13.3. The van der Waals surface area contributed by atoms with Gasteiger partial charge in [-0.3, -0.25) is 14.6 Å². The van der Waals surface area contributed by atoms with Gasteiger partial charge in [-0.15, -0.1) is 11.8 Å². The van der Waals surface area contributed by atoms with E-state index in [1.165, 1.54) is 5.56 Å². The van der Waals surface area contributed by atoms with E-state index >= 15 is 0 Å². The van der Waals surface area contributed by atoms with Crippen LogP contribution in [0.4, 0.5) is 5.13 Å². The van der Waals surface area contributed by atoms with Crippen molar-refractivity contribution in [2.45, 2.75) is 25.2 Å². The Labute approximate surface area is 202 Å². The smallest absolute Gasteiger partial charge is 0.239 e. The lowest BCUT2D eigenvalue weighted by atomic mass is 10.2. The minimum absolute atomic E-state index is 0.0837. The summed E-state index contributed by atoms with van der Waals surface area (Å²) >= 11 is 9.43. The molecule has 1 fully saturated rings. The van der Waals surface area contributed by atoms with Crippen molar-refractivity contribution in [2.75, 3.05) is 50.0 Å². The van der Waals surface area contributed by atoms with Crippen molar-refractivity contribution < 1.29 is 9.53 Å². The monoisotopic (exact) mass is 489 g/mol. The predicted octanol–water partition coefficient (Wildman–Crippen LogP) is 5.41. The first kappa shape index (κ1) is 23.5. The molecule has 0 spiro atoms. The third-order valence-electron chi connectivity index (χ3n) is 5.61. The van der Waals surface area contributed by atoms with Gasteiger partial charge in [-0.2, -0.15) is 0 Å². The van der Waals surface area contributed by atoms with Crippen LogP contribution >= 0.6 is 34.7 Å². The van der Waals surface area contributed by atoms with Crippen molar-refractivity contribution in [2.24, 2.45) is 0 Å². The lowest BCUT2D eigenvalue weighted by Gasteiger charge is -2.27. The number of amides is 1. The third-order valence-corrected chi connectivity index (χ3v) is 8.06. The van der Waals surface area contributed by atoms with Crippen LogP contribution in [-0.4, -0.2) is 60.9 Å². The summed E-state index contributed by atoms with van der Waals surface area (Å²) in [5.74, 6) is 0.469. The molecule has 0 bridgehead atoms. The highest BCUT2D eigenvalue weighted by Gasteiger charge is 2.21. The molecule has 0 aliphatic carbocycles. The van der Waals surface area contributed by atoms with E-state index in [9.17, 15) is 4.79 Å². The molecular formula is C24H28ClN3O2S2. The standard InChI is InChI=1S/C24H28ClN3O2S2/c1-17-4-6-19(7-5-17)31-16-22(29)28(11-3-10-27-12-14-30-15-13-27)24-26-23-18(2)20(25)8-9-21(23)32-24/h4-9H,3,10-16H2,1-2H3. The molecule has 1 saturated heterocycles. The molecule has 1 aliphatic rings. The molecular weight excluding hydrogens is 462 g/mol. The SMILES string of the molecule is Cc1ccc(SCC(=O)N(CCCN2CCOCC2)c2nc3c(C)c(Cl)ccc3s2)cc1. The van der Waals surface area contributed by atoms with E-state index in [-0.39, 0.29) is 5.91 Å². The summed E-state index contributed by atoms with van der Waals surface area (Å²) in [6.07, 6.45) is 0.899. The Bertz CT molecular complexity index is 1070. The molecule has 2 heterocycles. The van der Waals surface area contributed by atoms with Crippen molar-refractivity contribution >= 4 is 56.0 Å². The molecule has 0 radical (unpaired) electrons. The van der Waals surface area contributed by atoms with Gasteiger partial charge in [-0.05, 0) is 50.1 Å². The third kappa shape index (κ3) is 5.83. The Hall–Kier alpha value is -1.64. The van der Waals surface area contributed by atoms with Crippen LogP contribution in [0, 0.1) is 13.8 Å². The van der Waals surface area contributed by atoms with Gasteiger partial charge in [-0.1, -0.05) is 40.6 Å². The molecule has 1 aromatic heterocycles. The number of halogens is 1. The van der Waals surface area contributed by atoms with Crippen molar-refractivity contribution in [3.63, 3.8) is 0 Å². The molecule has 2 aromatic carbocycles. The zero-order chi connectivity index (χ0) is 22.5. The highest BCUT2D eigenvalue weighted by Crippen LogP contribution is 2.34. The number of morpholine rings is 1. The lowest BCUT2D eigenvalue weighted by molar-refractivity contribution is -0.116. The molecule has 3 aromatic rings. The Morgan fingerprint density at radius 2 is 1.94 bits per heavy atom. The Kier molecular flexibility index (Phi) is 8.07. The van der Waals surface area contributed by atoms with Crippen molar-refractivity contribution in [1.82, 2.24) is 9.88 Å². The van der Waals surface area contributed by atoms with Crippen LogP contribution in [0.15, 0.2) is 41.3 Å². The number of fused-ring (bicyclic) bond motifs is 1. The summed E-state index contributed by atoms with van der Waals surface area (Å²) in [6, 6.07) is 12.2. The van der Waals surface area contributed by atoms with Gasteiger partial charge >= 0.3 is 0 Å². The number of benzene rings is 2. The van der Waals surface area contributed by atoms with Crippen molar-refractivity contribution in [3.05, 3.63) is 52.5 Å². The number of carbonyl (C=O) groups is 1. The molecule has 4 rings (SSSR count). The van der Waals surface area contributed by atoms with E-state index in [1.807, 2.05) is 24.0 Å². The van der Waals surface area contributed by atoms with E-state index in [0.717, 1.165) is 65.1 Å². The zero-order valence-electron chi connectivity index (χ0n) is 18.5. The number of nitrogens with zero attached hydrogens (tertiary/aromatic N) is 3. The number of carbonyl (C=O) groups excluding carboxylic acids is 1. The molecule has 8 heteroatoms. The molecule has 0 saturated carbocycles. The van der Waals surface area contributed by atoms with E-state index in [2.05, 4.69) is 36.1 Å². The molecule has 32 heavy (non-hydrogen) atoms. The first-order valence-corrected chi connectivity index (χ1v) is 13.0. The van der Waals surface area contributed by atoms with Crippen LogP contribution in [0.2, 0.25) is 5.02 Å². The van der Waals surface area contributed by atoms with E-state index < -0.39 is 0 Å². The highest BCUT2D eigenvalue weighted by atomic mass is 35.5. The number of hydrogen-bond acceptors (Lipinski definition) is 6. The van der Waals surface area contributed by atoms with Crippen LogP contribution in [-0.2, 0) is 9.53 Å². The number of anilines is 1. The minimum atomic E-state index is 0.0837. The van der Waals surface area contributed by atoms with Crippen LogP contribution < -0.4 is 4.90 Å². The van der Waals surface area contributed by atoms with Crippen molar-refractivity contribution in [1.29, 1.82) is 0 Å². The molecule has 5 nitrogen and oxygen atoms in total. The first-order valence-electron chi connectivity index (χ1n) is 10.9. The summed E-state index contributed by atoms with van der Waals surface area (Å²) in [7, 11) is 0. The fourth-order valence-electron chi connectivity index (χ4n) is 3.67. The summed E-state index contributed by atoms with van der Waals surface area (Å²) in [5, 5.41) is 1.45. The second-order valence-corrected chi connectivity index (χ2v) is 10.4. The number of thioether (sulfide) groups is 1. The van der Waals surface area contributed by atoms with Crippen LogP contribution in [0.3, 0.4) is 0 Å². The molecule has 170 valence electrons. The first-order chi connectivity index (χ1) is 15.5. The van der Waals surface area contributed by atoms with Crippen LogP contribution in [0.5, 0.6) is 0 Å². The zero-order valence-corrected chi connectivity index (χ0v) is 20.9. The summed E-state index contributed by atoms with van der Waals surface area (Å²) in [5.41, 5.74) is 3.06. The number of aromatic nitrogens is 1. The summed E-state index contributed by atoms with van der Waals surface area (Å²) in [4.78, 5) is 23.5. The fraction of sp³-hybridized carbons (Fsp3) is 0.417. The van der Waals surface area contributed by atoms with Gasteiger partial charge in [0.1, 0.15) is 0 Å². The number of thiazole rings is 1. The average molecular weight is 490 g/mol.